The van der Waals surface area contributed by atoms with E-state index in [2.05, 4.69) is 5.32 Å². The van der Waals surface area contributed by atoms with Crippen molar-refractivity contribution in [2.24, 2.45) is 0 Å². The fourth-order valence-electron chi connectivity index (χ4n) is 2.38. The van der Waals surface area contributed by atoms with Crippen LogP contribution < -0.4 is 10.1 Å². The molecular formula is C19H16FNO4S. The Morgan fingerprint density at radius 2 is 1.92 bits per heavy atom. The van der Waals surface area contributed by atoms with Crippen LogP contribution in [-0.2, 0) is 9.53 Å². The molecule has 1 amide bonds. The van der Waals surface area contributed by atoms with Crippen molar-refractivity contribution in [2.45, 2.75) is 13.0 Å². The highest BCUT2D eigenvalue weighted by Gasteiger charge is 2.21. The first-order valence-electron chi connectivity index (χ1n) is 7.82. The Labute approximate surface area is 153 Å². The van der Waals surface area contributed by atoms with Crippen LogP contribution in [0, 0.1) is 5.82 Å². The zero-order valence-electron chi connectivity index (χ0n) is 14.1. The summed E-state index contributed by atoms with van der Waals surface area (Å²) in [5.74, 6) is -1.07. The maximum atomic E-state index is 13.7. The third-order valence-electron chi connectivity index (χ3n) is 3.73. The molecule has 3 rings (SSSR count). The first-order chi connectivity index (χ1) is 12.5. The van der Waals surface area contributed by atoms with Crippen LogP contribution >= 0.6 is 11.3 Å². The smallest absolute Gasteiger partial charge is 0.349 e. The van der Waals surface area contributed by atoms with Gasteiger partial charge in [-0.05, 0) is 37.3 Å². The van der Waals surface area contributed by atoms with E-state index in [1.807, 2.05) is 0 Å². The van der Waals surface area contributed by atoms with Crippen LogP contribution in [-0.4, -0.2) is 25.1 Å². The molecule has 0 saturated carbocycles. The van der Waals surface area contributed by atoms with Crippen LogP contribution in [0.15, 0.2) is 48.5 Å². The third-order valence-corrected chi connectivity index (χ3v) is 4.81. The molecule has 5 nitrogen and oxygen atoms in total. The number of fused-ring (bicyclic) bond motifs is 1. The van der Waals surface area contributed by atoms with Gasteiger partial charge in [0.2, 0.25) is 0 Å². The molecule has 134 valence electrons. The van der Waals surface area contributed by atoms with E-state index in [0.717, 1.165) is 11.3 Å². The van der Waals surface area contributed by atoms with Gasteiger partial charge in [0, 0.05) is 10.1 Å². The lowest BCUT2D eigenvalue weighted by Crippen LogP contribution is -2.29. The fraction of sp³-hybridized carbons (Fsp3) is 0.158. The molecule has 1 N–H and O–H groups in total. The number of benzene rings is 2. The molecule has 0 saturated heterocycles. The lowest BCUT2D eigenvalue weighted by molar-refractivity contribution is -0.123. The van der Waals surface area contributed by atoms with Crippen LogP contribution in [0.3, 0.4) is 0 Å². The molecule has 1 atom stereocenters. The summed E-state index contributed by atoms with van der Waals surface area (Å²) >= 11 is 1.12. The van der Waals surface area contributed by atoms with Crippen molar-refractivity contribution in [1.82, 2.24) is 0 Å². The normalized spacial score (nSPS) is 11.8. The molecule has 1 heterocycles. The van der Waals surface area contributed by atoms with Crippen molar-refractivity contribution in [3.05, 3.63) is 59.2 Å². The van der Waals surface area contributed by atoms with Gasteiger partial charge in [-0.2, -0.15) is 0 Å². The Balaban J connectivity index is 1.69. The fourth-order valence-corrected chi connectivity index (χ4v) is 3.34. The lowest BCUT2D eigenvalue weighted by atomic mass is 10.2. The highest BCUT2D eigenvalue weighted by Crippen LogP contribution is 2.28. The molecular weight excluding hydrogens is 357 g/mol. The minimum atomic E-state index is -1.03. The predicted octanol–water partition coefficient (Wildman–Crippen LogP) is 4.23. The van der Waals surface area contributed by atoms with Crippen molar-refractivity contribution < 1.29 is 23.5 Å². The van der Waals surface area contributed by atoms with Crippen molar-refractivity contribution >= 4 is 39.0 Å². The summed E-state index contributed by atoms with van der Waals surface area (Å²) in [5, 5.41) is 3.01. The number of nitrogens with one attached hydrogen (secondary N) is 1. The first-order valence-corrected chi connectivity index (χ1v) is 8.64. The number of hydrogen-bond donors (Lipinski definition) is 1. The summed E-state index contributed by atoms with van der Waals surface area (Å²) < 4.78 is 24.8. The van der Waals surface area contributed by atoms with Crippen LogP contribution in [0.1, 0.15) is 16.6 Å². The summed E-state index contributed by atoms with van der Waals surface area (Å²) in [5.41, 5.74) is 0.479. The molecule has 0 radical (unpaired) electrons. The van der Waals surface area contributed by atoms with E-state index in [4.69, 9.17) is 9.47 Å². The summed E-state index contributed by atoms with van der Waals surface area (Å²) in [7, 11) is 1.50. The highest BCUT2D eigenvalue weighted by molar-refractivity contribution is 7.20. The monoisotopic (exact) mass is 373 g/mol. The maximum Gasteiger partial charge on any atom is 0.349 e. The Morgan fingerprint density at radius 3 is 2.65 bits per heavy atom. The molecule has 0 spiro atoms. The van der Waals surface area contributed by atoms with Crippen molar-refractivity contribution in [3.63, 3.8) is 0 Å². The molecule has 0 aliphatic rings. The van der Waals surface area contributed by atoms with E-state index >= 15 is 0 Å². The average molecular weight is 373 g/mol. The molecule has 1 unspecified atom stereocenters. The second kappa shape index (κ2) is 7.53. The zero-order chi connectivity index (χ0) is 18.7. The van der Waals surface area contributed by atoms with Gasteiger partial charge >= 0.3 is 5.97 Å². The van der Waals surface area contributed by atoms with E-state index in [9.17, 15) is 14.0 Å². The number of carbonyl (C=O) groups is 2. The van der Waals surface area contributed by atoms with Gasteiger partial charge in [0.25, 0.3) is 5.91 Å². The minimum Gasteiger partial charge on any atom is -0.495 e. The number of ether oxygens (including phenoxy) is 2. The van der Waals surface area contributed by atoms with Crippen LogP contribution in [0.25, 0.3) is 10.1 Å². The lowest BCUT2D eigenvalue weighted by Gasteiger charge is -2.14. The molecule has 7 heteroatoms. The number of thiophene rings is 1. The van der Waals surface area contributed by atoms with Crippen LogP contribution in [0.5, 0.6) is 5.75 Å². The Kier molecular flexibility index (Phi) is 5.18. The molecule has 2 aromatic carbocycles. The van der Waals surface area contributed by atoms with Crippen molar-refractivity contribution in [1.29, 1.82) is 0 Å². The standard InChI is InChI=1S/C19H16FNO4S/c1-11(18(22)21-14-7-3-4-8-15(14)24-2)25-19(23)17-10-12-13(20)6-5-9-16(12)26-17/h3-11H,1-2H3,(H,21,22). The molecule has 0 aliphatic heterocycles. The van der Waals surface area contributed by atoms with E-state index in [1.54, 1.807) is 36.4 Å². The molecule has 0 fully saturated rings. The molecule has 26 heavy (non-hydrogen) atoms. The number of hydrogen-bond acceptors (Lipinski definition) is 5. The van der Waals surface area contributed by atoms with E-state index in [0.29, 0.717) is 21.5 Å². The Hall–Kier alpha value is -2.93. The number of anilines is 1. The highest BCUT2D eigenvalue weighted by atomic mass is 32.1. The Bertz CT molecular complexity index is 969. The number of esters is 1. The topological polar surface area (TPSA) is 64.6 Å². The number of rotatable bonds is 5. The molecule has 1 aromatic heterocycles. The summed E-state index contributed by atoms with van der Waals surface area (Å²) in [4.78, 5) is 24.8. The van der Waals surface area contributed by atoms with E-state index in [-0.39, 0.29) is 4.88 Å². The number of methoxy groups -OCH3 is 1. The van der Waals surface area contributed by atoms with Gasteiger partial charge in [0.05, 0.1) is 12.8 Å². The van der Waals surface area contributed by atoms with Gasteiger partial charge in [-0.1, -0.05) is 18.2 Å². The molecule has 3 aromatic rings. The molecule has 0 aliphatic carbocycles. The first kappa shape index (κ1) is 17.9. The van der Waals surface area contributed by atoms with Crippen molar-refractivity contribution in [2.75, 3.05) is 12.4 Å². The second-order valence-corrected chi connectivity index (χ2v) is 6.58. The largest absolute Gasteiger partial charge is 0.495 e. The van der Waals surface area contributed by atoms with Gasteiger partial charge in [-0.15, -0.1) is 11.3 Å². The summed E-state index contributed by atoms with van der Waals surface area (Å²) in [6.07, 6.45) is -1.03. The SMILES string of the molecule is COc1ccccc1NC(=O)C(C)OC(=O)c1cc2c(F)cccc2s1. The zero-order valence-corrected chi connectivity index (χ0v) is 14.9. The minimum absolute atomic E-state index is 0.238. The summed E-state index contributed by atoms with van der Waals surface area (Å²) in [6, 6.07) is 13.0. The predicted molar refractivity (Wildman–Crippen MR) is 98.3 cm³/mol. The number of para-hydroxylation sites is 2. The van der Waals surface area contributed by atoms with Gasteiger partial charge < -0.3 is 14.8 Å². The maximum absolute atomic E-state index is 13.7. The van der Waals surface area contributed by atoms with Crippen LogP contribution in [0.2, 0.25) is 0 Å². The number of amides is 1. The third kappa shape index (κ3) is 3.67. The average Bonchev–Trinajstić information content (AvgIpc) is 3.08. The van der Waals surface area contributed by atoms with Gasteiger partial charge in [0.1, 0.15) is 16.4 Å². The quantitative estimate of drug-likeness (QED) is 0.680. The van der Waals surface area contributed by atoms with Gasteiger partial charge in [-0.25, -0.2) is 9.18 Å². The number of carbonyl (C=O) groups excluding carboxylic acids is 2. The Morgan fingerprint density at radius 1 is 1.15 bits per heavy atom. The van der Waals surface area contributed by atoms with Crippen LogP contribution in [0.4, 0.5) is 10.1 Å². The van der Waals surface area contributed by atoms with Gasteiger partial charge in [-0.3, -0.25) is 4.79 Å². The van der Waals surface area contributed by atoms with E-state index < -0.39 is 23.8 Å². The molecule has 0 bridgehead atoms. The van der Waals surface area contributed by atoms with E-state index in [1.165, 1.54) is 26.2 Å². The number of halogens is 1. The summed E-state index contributed by atoms with van der Waals surface area (Å²) in [6.45, 7) is 1.47. The van der Waals surface area contributed by atoms with Crippen molar-refractivity contribution in [3.8, 4) is 5.75 Å². The van der Waals surface area contributed by atoms with Gasteiger partial charge in [0.15, 0.2) is 6.10 Å². The second-order valence-electron chi connectivity index (χ2n) is 5.50.